The zero-order valence-corrected chi connectivity index (χ0v) is 12.8. The Bertz CT molecular complexity index is 524. The van der Waals surface area contributed by atoms with E-state index >= 15 is 0 Å². The predicted octanol–water partition coefficient (Wildman–Crippen LogP) is 2.53. The van der Waals surface area contributed by atoms with Gasteiger partial charge in [0.1, 0.15) is 0 Å². The number of likely N-dealkylation sites (N-methyl/N-ethyl adjacent to an activating group) is 1. The number of piperazine rings is 1. The van der Waals surface area contributed by atoms with Crippen LogP contribution in [0.4, 0.5) is 18.9 Å². The van der Waals surface area contributed by atoms with Gasteiger partial charge >= 0.3 is 6.18 Å². The lowest BCUT2D eigenvalue weighted by Gasteiger charge is -2.30. The van der Waals surface area contributed by atoms with Crippen LogP contribution in [0.1, 0.15) is 24.0 Å². The fourth-order valence-electron chi connectivity index (χ4n) is 3.47. The molecule has 6 heteroatoms. The SMILES string of the molecule is CCN1CC(CN2CCNCC2)c2cc(C(F)(F)F)ccc21. The Morgan fingerprint density at radius 2 is 1.95 bits per heavy atom. The first-order valence-corrected chi connectivity index (χ1v) is 7.88. The van der Waals surface area contributed by atoms with Crippen LogP contribution in [0.2, 0.25) is 0 Å². The molecule has 0 radical (unpaired) electrons. The first kappa shape index (κ1) is 15.6. The van der Waals surface area contributed by atoms with Crippen molar-refractivity contribution in [3.63, 3.8) is 0 Å². The normalized spacial score (nSPS) is 22.9. The fraction of sp³-hybridized carbons (Fsp3) is 0.625. The van der Waals surface area contributed by atoms with E-state index in [9.17, 15) is 13.2 Å². The number of hydrogen-bond donors (Lipinski definition) is 1. The number of benzene rings is 1. The molecule has 1 atom stereocenters. The average molecular weight is 313 g/mol. The molecule has 3 nitrogen and oxygen atoms in total. The molecule has 1 aromatic rings. The van der Waals surface area contributed by atoms with E-state index in [0.717, 1.165) is 57.1 Å². The minimum atomic E-state index is -4.27. The number of anilines is 1. The Kier molecular flexibility index (Phi) is 4.32. The zero-order chi connectivity index (χ0) is 15.7. The van der Waals surface area contributed by atoms with Crippen molar-refractivity contribution in [2.45, 2.75) is 19.0 Å². The Balaban J connectivity index is 1.85. The van der Waals surface area contributed by atoms with Crippen molar-refractivity contribution in [2.75, 3.05) is 50.7 Å². The lowest BCUT2D eigenvalue weighted by atomic mass is 9.98. The number of alkyl halides is 3. The van der Waals surface area contributed by atoms with Crippen molar-refractivity contribution in [1.29, 1.82) is 0 Å². The third-order valence-electron chi connectivity index (χ3n) is 4.65. The summed E-state index contributed by atoms with van der Waals surface area (Å²) in [6.45, 7) is 8.39. The van der Waals surface area contributed by atoms with E-state index in [1.165, 1.54) is 12.1 Å². The van der Waals surface area contributed by atoms with Crippen molar-refractivity contribution >= 4 is 5.69 Å². The highest BCUT2D eigenvalue weighted by Gasteiger charge is 2.35. The lowest BCUT2D eigenvalue weighted by molar-refractivity contribution is -0.137. The number of rotatable bonds is 3. The molecule has 2 aliphatic rings. The van der Waals surface area contributed by atoms with Crippen LogP contribution >= 0.6 is 0 Å². The summed E-state index contributed by atoms with van der Waals surface area (Å²) in [5.41, 5.74) is 1.29. The van der Waals surface area contributed by atoms with Crippen LogP contribution in [-0.4, -0.2) is 50.7 Å². The topological polar surface area (TPSA) is 18.5 Å². The summed E-state index contributed by atoms with van der Waals surface area (Å²) in [7, 11) is 0. The van der Waals surface area contributed by atoms with E-state index in [0.29, 0.717) is 0 Å². The average Bonchev–Trinajstić information content (AvgIpc) is 2.85. The maximum Gasteiger partial charge on any atom is 0.416 e. The van der Waals surface area contributed by atoms with Gasteiger partial charge in [0.15, 0.2) is 0 Å². The number of hydrogen-bond acceptors (Lipinski definition) is 3. The van der Waals surface area contributed by atoms with Crippen LogP contribution in [0, 0.1) is 0 Å². The van der Waals surface area contributed by atoms with Crippen molar-refractivity contribution in [2.24, 2.45) is 0 Å². The minimum Gasteiger partial charge on any atom is -0.371 e. The van der Waals surface area contributed by atoms with Crippen LogP contribution in [-0.2, 0) is 6.18 Å². The fourth-order valence-corrected chi connectivity index (χ4v) is 3.47. The molecule has 2 heterocycles. The van der Waals surface area contributed by atoms with Crippen molar-refractivity contribution < 1.29 is 13.2 Å². The summed E-state index contributed by atoms with van der Waals surface area (Å²) in [6, 6.07) is 4.20. The molecule has 0 aliphatic carbocycles. The molecule has 1 fully saturated rings. The molecule has 1 unspecified atom stereocenters. The van der Waals surface area contributed by atoms with Gasteiger partial charge < -0.3 is 15.1 Å². The standard InChI is InChI=1S/C16H22F3N3/c1-2-22-11-12(10-21-7-5-20-6-8-21)14-9-13(16(17,18)19)3-4-15(14)22/h3-4,9,12,20H,2,5-8,10-11H2,1H3. The van der Waals surface area contributed by atoms with E-state index in [1.807, 2.05) is 0 Å². The van der Waals surface area contributed by atoms with Crippen molar-refractivity contribution in [1.82, 2.24) is 10.2 Å². The summed E-state index contributed by atoms with van der Waals surface area (Å²) in [6.07, 6.45) is -4.27. The molecule has 1 saturated heterocycles. The van der Waals surface area contributed by atoms with E-state index in [2.05, 4.69) is 22.0 Å². The van der Waals surface area contributed by atoms with Gasteiger partial charge in [-0.1, -0.05) is 0 Å². The van der Waals surface area contributed by atoms with Gasteiger partial charge in [-0.05, 0) is 30.7 Å². The molecule has 0 bridgehead atoms. The monoisotopic (exact) mass is 313 g/mol. The van der Waals surface area contributed by atoms with Crippen molar-refractivity contribution in [3.05, 3.63) is 29.3 Å². The Labute approximate surface area is 129 Å². The molecule has 1 N–H and O–H groups in total. The molecular formula is C16H22F3N3. The van der Waals surface area contributed by atoms with Crippen LogP contribution in [0.15, 0.2) is 18.2 Å². The number of halogens is 3. The smallest absolute Gasteiger partial charge is 0.371 e. The first-order valence-electron chi connectivity index (χ1n) is 7.88. The Hall–Kier alpha value is -1.27. The molecule has 0 saturated carbocycles. The van der Waals surface area contributed by atoms with E-state index in [-0.39, 0.29) is 5.92 Å². The molecule has 3 rings (SSSR count). The summed E-state index contributed by atoms with van der Waals surface area (Å²) in [5, 5.41) is 3.31. The van der Waals surface area contributed by atoms with Crippen LogP contribution in [0.5, 0.6) is 0 Å². The quantitative estimate of drug-likeness (QED) is 0.925. The van der Waals surface area contributed by atoms with Gasteiger partial charge in [0.2, 0.25) is 0 Å². The van der Waals surface area contributed by atoms with Gasteiger partial charge in [-0.2, -0.15) is 13.2 Å². The second kappa shape index (κ2) is 6.08. The lowest BCUT2D eigenvalue weighted by Crippen LogP contribution is -2.45. The van der Waals surface area contributed by atoms with Gasteiger partial charge in [-0.15, -0.1) is 0 Å². The van der Waals surface area contributed by atoms with E-state index < -0.39 is 11.7 Å². The van der Waals surface area contributed by atoms with E-state index in [4.69, 9.17) is 0 Å². The highest BCUT2D eigenvalue weighted by Crippen LogP contribution is 2.40. The summed E-state index contributed by atoms with van der Waals surface area (Å²) < 4.78 is 39.0. The predicted molar refractivity (Wildman–Crippen MR) is 81.4 cm³/mol. The number of nitrogens with one attached hydrogen (secondary N) is 1. The third-order valence-corrected chi connectivity index (χ3v) is 4.65. The summed E-state index contributed by atoms with van der Waals surface area (Å²) >= 11 is 0. The van der Waals surface area contributed by atoms with Crippen molar-refractivity contribution in [3.8, 4) is 0 Å². The third kappa shape index (κ3) is 3.08. The highest BCUT2D eigenvalue weighted by molar-refractivity contribution is 5.61. The summed E-state index contributed by atoms with van der Waals surface area (Å²) in [5.74, 6) is 0.162. The minimum absolute atomic E-state index is 0.162. The van der Waals surface area contributed by atoms with Crippen LogP contribution < -0.4 is 10.2 Å². The molecule has 2 aliphatic heterocycles. The molecule has 0 spiro atoms. The number of nitrogens with zero attached hydrogens (tertiary/aromatic N) is 2. The Morgan fingerprint density at radius 3 is 2.59 bits per heavy atom. The largest absolute Gasteiger partial charge is 0.416 e. The van der Waals surface area contributed by atoms with Gasteiger partial charge in [-0.3, -0.25) is 0 Å². The van der Waals surface area contributed by atoms with Crippen LogP contribution in [0.3, 0.4) is 0 Å². The highest BCUT2D eigenvalue weighted by atomic mass is 19.4. The maximum atomic E-state index is 13.0. The first-order chi connectivity index (χ1) is 10.5. The zero-order valence-electron chi connectivity index (χ0n) is 12.8. The maximum absolute atomic E-state index is 13.0. The Morgan fingerprint density at radius 1 is 1.23 bits per heavy atom. The molecule has 122 valence electrons. The molecule has 0 amide bonds. The molecule has 0 aromatic heterocycles. The van der Waals surface area contributed by atoms with Gasteiger partial charge in [0, 0.05) is 57.4 Å². The van der Waals surface area contributed by atoms with E-state index in [1.54, 1.807) is 6.07 Å². The molecular weight excluding hydrogens is 291 g/mol. The molecule has 1 aromatic carbocycles. The second-order valence-electron chi connectivity index (χ2n) is 6.06. The van der Waals surface area contributed by atoms with Gasteiger partial charge in [-0.25, -0.2) is 0 Å². The second-order valence-corrected chi connectivity index (χ2v) is 6.06. The summed E-state index contributed by atoms with van der Waals surface area (Å²) in [4.78, 5) is 4.53. The van der Waals surface area contributed by atoms with Gasteiger partial charge in [0.25, 0.3) is 0 Å². The molecule has 22 heavy (non-hydrogen) atoms. The van der Waals surface area contributed by atoms with Crippen LogP contribution in [0.25, 0.3) is 0 Å². The number of fused-ring (bicyclic) bond motifs is 1. The van der Waals surface area contributed by atoms with Gasteiger partial charge in [0.05, 0.1) is 5.56 Å².